The maximum absolute atomic E-state index is 12.5. The molecule has 0 bridgehead atoms. The normalized spacial score (nSPS) is 13.8. The Morgan fingerprint density at radius 3 is 2.60 bits per heavy atom. The molecule has 0 spiro atoms. The van der Waals surface area contributed by atoms with Gasteiger partial charge >= 0.3 is 12.1 Å². The first-order chi connectivity index (χ1) is 14.2. The Kier molecular flexibility index (Phi) is 6.94. The molecule has 0 saturated heterocycles. The van der Waals surface area contributed by atoms with Crippen molar-refractivity contribution in [2.75, 3.05) is 13.2 Å². The first-order valence-corrected chi connectivity index (χ1v) is 13.8. The zero-order valence-corrected chi connectivity index (χ0v) is 18.8. The highest BCUT2D eigenvalue weighted by atomic mass is 28.3. The van der Waals surface area contributed by atoms with E-state index < -0.39 is 20.1 Å². The summed E-state index contributed by atoms with van der Waals surface area (Å²) in [6.07, 6.45) is 0.0490. The number of carboxylic acid groups (broad SMARTS) is 1. The molecule has 1 aromatic carbocycles. The van der Waals surface area contributed by atoms with Crippen LogP contribution in [0.5, 0.6) is 0 Å². The van der Waals surface area contributed by atoms with Crippen molar-refractivity contribution in [3.8, 4) is 0 Å². The van der Waals surface area contributed by atoms with E-state index in [2.05, 4.69) is 24.7 Å². The fourth-order valence-corrected chi connectivity index (χ4v) is 4.02. The molecule has 3 rings (SSSR count). The molecular formula is C21H29N3O5Si. The minimum Gasteiger partial charge on any atom is -0.476 e. The molecule has 30 heavy (non-hydrogen) atoms. The number of carbonyl (C=O) groups excluding carboxylic acids is 1. The van der Waals surface area contributed by atoms with Crippen molar-refractivity contribution in [3.63, 3.8) is 0 Å². The number of rotatable bonds is 8. The minimum atomic E-state index is -1.20. The van der Waals surface area contributed by atoms with Gasteiger partial charge in [0.15, 0.2) is 5.69 Å². The maximum atomic E-state index is 12.5. The number of hydrogen-bond acceptors (Lipinski definition) is 5. The average Bonchev–Trinajstić information content (AvgIpc) is 3.07. The van der Waals surface area contributed by atoms with Crippen molar-refractivity contribution in [2.24, 2.45) is 0 Å². The molecule has 9 heteroatoms. The number of carboxylic acids is 1. The molecule has 1 aliphatic rings. The number of amides is 1. The highest BCUT2D eigenvalue weighted by Gasteiger charge is 2.30. The first-order valence-electron chi connectivity index (χ1n) is 10.1. The largest absolute Gasteiger partial charge is 0.476 e. The van der Waals surface area contributed by atoms with E-state index >= 15 is 0 Å². The van der Waals surface area contributed by atoms with Crippen LogP contribution < -0.4 is 0 Å². The van der Waals surface area contributed by atoms with Crippen LogP contribution in [0.15, 0.2) is 30.3 Å². The molecule has 0 saturated carbocycles. The zero-order chi connectivity index (χ0) is 21.7. The van der Waals surface area contributed by atoms with Gasteiger partial charge in [-0.05, 0) is 11.6 Å². The molecule has 8 nitrogen and oxygen atoms in total. The van der Waals surface area contributed by atoms with E-state index in [9.17, 15) is 14.7 Å². The van der Waals surface area contributed by atoms with E-state index in [-0.39, 0.29) is 25.6 Å². The molecule has 0 unspecified atom stereocenters. The molecule has 1 N–H and O–H groups in total. The van der Waals surface area contributed by atoms with Crippen molar-refractivity contribution >= 4 is 20.1 Å². The van der Waals surface area contributed by atoms with Crippen LogP contribution in [-0.4, -0.2) is 53.1 Å². The Bertz CT molecular complexity index is 892. The molecule has 0 fully saturated rings. The van der Waals surface area contributed by atoms with E-state index in [1.54, 1.807) is 4.68 Å². The number of benzene rings is 1. The van der Waals surface area contributed by atoms with Crippen LogP contribution >= 0.6 is 0 Å². The summed E-state index contributed by atoms with van der Waals surface area (Å²) in [7, 11) is -1.20. The lowest BCUT2D eigenvalue weighted by molar-refractivity contribution is 0.0668. The lowest BCUT2D eigenvalue weighted by atomic mass is 10.1. The van der Waals surface area contributed by atoms with Crippen LogP contribution in [-0.2, 0) is 35.8 Å². The molecule has 2 aromatic rings. The number of fused-ring (bicyclic) bond motifs is 1. The van der Waals surface area contributed by atoms with Crippen molar-refractivity contribution < 1.29 is 24.2 Å². The van der Waals surface area contributed by atoms with Crippen molar-refractivity contribution in [1.82, 2.24) is 14.7 Å². The summed E-state index contributed by atoms with van der Waals surface area (Å²) < 4.78 is 12.8. The third-order valence-electron chi connectivity index (χ3n) is 5.01. The Hall–Kier alpha value is -2.65. The van der Waals surface area contributed by atoms with Crippen molar-refractivity contribution in [3.05, 3.63) is 52.8 Å². The van der Waals surface area contributed by atoms with Gasteiger partial charge in [0.2, 0.25) is 0 Å². The van der Waals surface area contributed by atoms with Gasteiger partial charge in [0.1, 0.15) is 13.3 Å². The van der Waals surface area contributed by atoms with Gasteiger partial charge in [-0.2, -0.15) is 5.10 Å². The van der Waals surface area contributed by atoms with Gasteiger partial charge in [-0.3, -0.25) is 0 Å². The lowest BCUT2D eigenvalue weighted by Crippen LogP contribution is -2.37. The fourth-order valence-electron chi connectivity index (χ4n) is 3.27. The average molecular weight is 432 g/mol. The quantitative estimate of drug-likeness (QED) is 0.507. The van der Waals surface area contributed by atoms with Crippen LogP contribution in [0.4, 0.5) is 4.79 Å². The topological polar surface area (TPSA) is 93.9 Å². The van der Waals surface area contributed by atoms with Gasteiger partial charge in [0.25, 0.3) is 0 Å². The first kappa shape index (κ1) is 22.0. The van der Waals surface area contributed by atoms with E-state index in [4.69, 9.17) is 9.47 Å². The molecular weight excluding hydrogens is 402 g/mol. The van der Waals surface area contributed by atoms with Gasteiger partial charge in [-0.25, -0.2) is 14.3 Å². The molecule has 1 aromatic heterocycles. The number of aromatic nitrogens is 2. The second-order valence-electron chi connectivity index (χ2n) is 8.64. The number of aromatic carboxylic acids is 1. The summed E-state index contributed by atoms with van der Waals surface area (Å²) in [5.74, 6) is -1.10. The van der Waals surface area contributed by atoms with Crippen LogP contribution in [0.2, 0.25) is 25.7 Å². The number of ether oxygens (including phenoxy) is 2. The molecule has 162 valence electrons. The van der Waals surface area contributed by atoms with Gasteiger partial charge in [-0.1, -0.05) is 50.0 Å². The SMILES string of the molecule is C[Si](C)(C)CCOCn1nc(C(=O)O)c2c1CCN(C(=O)OCc1ccccc1)C2. The molecule has 0 atom stereocenters. The monoisotopic (exact) mass is 431 g/mol. The summed E-state index contributed by atoms with van der Waals surface area (Å²) >= 11 is 0. The van der Waals surface area contributed by atoms with Gasteiger partial charge in [0.05, 0.1) is 6.54 Å². The fraction of sp³-hybridized carbons (Fsp3) is 0.476. The predicted molar refractivity (Wildman–Crippen MR) is 114 cm³/mol. The number of nitrogens with zero attached hydrogens (tertiary/aromatic N) is 3. The molecule has 0 aliphatic carbocycles. The Morgan fingerprint density at radius 2 is 1.93 bits per heavy atom. The summed E-state index contributed by atoms with van der Waals surface area (Å²) in [6.45, 7) is 8.47. The summed E-state index contributed by atoms with van der Waals surface area (Å²) in [4.78, 5) is 25.7. The zero-order valence-electron chi connectivity index (χ0n) is 17.8. The Balaban J connectivity index is 1.64. The second-order valence-corrected chi connectivity index (χ2v) is 14.3. The van der Waals surface area contributed by atoms with Crippen LogP contribution in [0.3, 0.4) is 0 Å². The summed E-state index contributed by atoms with van der Waals surface area (Å²) in [5.41, 5.74) is 2.24. The smallest absolute Gasteiger partial charge is 0.410 e. The van der Waals surface area contributed by atoms with E-state index in [1.807, 2.05) is 30.3 Å². The third kappa shape index (κ3) is 5.70. The minimum absolute atomic E-state index is 0.0284. The van der Waals surface area contributed by atoms with Gasteiger partial charge in [-0.15, -0.1) is 0 Å². The van der Waals surface area contributed by atoms with Gasteiger partial charge < -0.3 is 19.5 Å². The lowest BCUT2D eigenvalue weighted by Gasteiger charge is -2.27. The standard InChI is InChI=1S/C21H29N3O5Si/c1-30(2,3)12-11-28-15-24-18-9-10-23(13-17(18)19(22-24)20(25)26)21(27)29-14-16-7-5-4-6-8-16/h4-8H,9-15H2,1-3H3,(H,25,26). The highest BCUT2D eigenvalue weighted by Crippen LogP contribution is 2.24. The molecule has 0 radical (unpaired) electrons. The van der Waals surface area contributed by atoms with E-state index in [0.717, 1.165) is 17.3 Å². The Morgan fingerprint density at radius 1 is 1.20 bits per heavy atom. The van der Waals surface area contributed by atoms with Crippen LogP contribution in [0.1, 0.15) is 27.3 Å². The summed E-state index contributed by atoms with van der Waals surface area (Å²) in [6, 6.07) is 10.5. The molecule has 2 heterocycles. The summed E-state index contributed by atoms with van der Waals surface area (Å²) in [5, 5.41) is 13.8. The number of hydrogen-bond donors (Lipinski definition) is 1. The third-order valence-corrected chi connectivity index (χ3v) is 6.71. The molecule has 1 amide bonds. The van der Waals surface area contributed by atoms with Crippen LogP contribution in [0, 0.1) is 0 Å². The van der Waals surface area contributed by atoms with Crippen LogP contribution in [0.25, 0.3) is 0 Å². The van der Waals surface area contributed by atoms with Crippen molar-refractivity contribution in [1.29, 1.82) is 0 Å². The number of carbonyl (C=O) groups is 2. The highest BCUT2D eigenvalue weighted by molar-refractivity contribution is 6.76. The Labute approximate surface area is 177 Å². The van der Waals surface area contributed by atoms with E-state index in [0.29, 0.717) is 25.1 Å². The van der Waals surface area contributed by atoms with Gasteiger partial charge in [0, 0.05) is 38.9 Å². The van der Waals surface area contributed by atoms with E-state index in [1.165, 1.54) is 4.90 Å². The molecule has 1 aliphatic heterocycles. The predicted octanol–water partition coefficient (Wildman–Crippen LogP) is 3.59. The van der Waals surface area contributed by atoms with Crippen molar-refractivity contribution in [2.45, 2.75) is 52.0 Å². The maximum Gasteiger partial charge on any atom is 0.410 e. The second kappa shape index (κ2) is 9.44.